The van der Waals surface area contributed by atoms with Crippen LogP contribution in [-0.2, 0) is 0 Å². The standard InChI is InChI=1S/C13H11ClN2OS/c14-8-4-6-9(7-5-8)18-12-10(13(16)17)2-1-3-11(12)15/h1-7H,15H2,(H2,16,17). The Morgan fingerprint density at radius 2 is 1.78 bits per heavy atom. The van der Waals surface area contributed by atoms with E-state index in [-0.39, 0.29) is 0 Å². The van der Waals surface area contributed by atoms with Crippen molar-refractivity contribution in [3.05, 3.63) is 53.1 Å². The second-order valence-corrected chi connectivity index (χ2v) is 5.16. The summed E-state index contributed by atoms with van der Waals surface area (Å²) in [5.41, 5.74) is 12.2. The molecule has 0 saturated heterocycles. The largest absolute Gasteiger partial charge is 0.398 e. The quantitative estimate of drug-likeness (QED) is 0.847. The number of hydrogen-bond acceptors (Lipinski definition) is 3. The number of nitrogen functional groups attached to an aromatic ring is 1. The lowest BCUT2D eigenvalue weighted by molar-refractivity contribution is 0.0997. The van der Waals surface area contributed by atoms with Crippen LogP contribution in [0.15, 0.2) is 52.3 Å². The number of nitrogens with two attached hydrogens (primary N) is 2. The molecule has 0 radical (unpaired) electrons. The van der Waals surface area contributed by atoms with Crippen molar-refractivity contribution < 1.29 is 4.79 Å². The zero-order valence-corrected chi connectivity index (χ0v) is 11.0. The second kappa shape index (κ2) is 5.33. The van der Waals surface area contributed by atoms with Crippen LogP contribution in [0.4, 0.5) is 5.69 Å². The van der Waals surface area contributed by atoms with Crippen LogP contribution in [0.2, 0.25) is 5.02 Å². The normalized spacial score (nSPS) is 10.3. The molecule has 2 aromatic rings. The average Bonchev–Trinajstić information content (AvgIpc) is 2.34. The van der Waals surface area contributed by atoms with Gasteiger partial charge in [-0.1, -0.05) is 29.4 Å². The fourth-order valence-electron chi connectivity index (χ4n) is 1.48. The summed E-state index contributed by atoms with van der Waals surface area (Å²) in [4.78, 5) is 13.0. The predicted octanol–water partition coefficient (Wildman–Crippen LogP) is 3.17. The number of primary amides is 1. The zero-order valence-electron chi connectivity index (χ0n) is 9.39. The van der Waals surface area contributed by atoms with Gasteiger partial charge in [0.2, 0.25) is 5.91 Å². The van der Waals surface area contributed by atoms with Gasteiger partial charge in [0.15, 0.2) is 0 Å². The first kappa shape index (κ1) is 12.8. The first-order valence-electron chi connectivity index (χ1n) is 5.19. The second-order valence-electron chi connectivity index (χ2n) is 3.64. The minimum Gasteiger partial charge on any atom is -0.398 e. The minimum atomic E-state index is -0.487. The van der Waals surface area contributed by atoms with Crippen LogP contribution in [0.25, 0.3) is 0 Å². The zero-order chi connectivity index (χ0) is 13.1. The third kappa shape index (κ3) is 2.78. The smallest absolute Gasteiger partial charge is 0.249 e. The highest BCUT2D eigenvalue weighted by Crippen LogP contribution is 2.35. The van der Waals surface area contributed by atoms with E-state index in [2.05, 4.69) is 0 Å². The van der Waals surface area contributed by atoms with E-state index >= 15 is 0 Å². The molecule has 1 amide bonds. The van der Waals surface area contributed by atoms with Crippen LogP contribution in [0.1, 0.15) is 10.4 Å². The lowest BCUT2D eigenvalue weighted by Crippen LogP contribution is -2.12. The minimum absolute atomic E-state index is 0.426. The highest BCUT2D eigenvalue weighted by Gasteiger charge is 2.12. The summed E-state index contributed by atoms with van der Waals surface area (Å²) in [6, 6.07) is 12.4. The van der Waals surface area contributed by atoms with Crippen LogP contribution in [0.5, 0.6) is 0 Å². The highest BCUT2D eigenvalue weighted by molar-refractivity contribution is 7.99. The lowest BCUT2D eigenvalue weighted by atomic mass is 10.2. The Hall–Kier alpha value is -1.65. The van der Waals surface area contributed by atoms with Crippen LogP contribution >= 0.6 is 23.4 Å². The number of anilines is 1. The Morgan fingerprint density at radius 1 is 1.11 bits per heavy atom. The molecule has 0 aromatic heterocycles. The van der Waals surface area contributed by atoms with Crippen LogP contribution < -0.4 is 11.5 Å². The van der Waals surface area contributed by atoms with Crippen molar-refractivity contribution in [1.82, 2.24) is 0 Å². The third-order valence-corrected chi connectivity index (χ3v) is 3.76. The molecule has 0 unspecified atom stereocenters. The molecule has 92 valence electrons. The van der Waals surface area contributed by atoms with Crippen LogP contribution in [-0.4, -0.2) is 5.91 Å². The van der Waals surface area contributed by atoms with Crippen molar-refractivity contribution >= 4 is 35.0 Å². The van der Waals surface area contributed by atoms with Gasteiger partial charge in [-0.2, -0.15) is 0 Å². The van der Waals surface area contributed by atoms with E-state index in [0.29, 0.717) is 21.2 Å². The van der Waals surface area contributed by atoms with E-state index in [1.54, 1.807) is 30.3 Å². The first-order chi connectivity index (χ1) is 8.58. The summed E-state index contributed by atoms with van der Waals surface area (Å²) in [6.45, 7) is 0. The number of hydrogen-bond donors (Lipinski definition) is 2. The molecule has 2 aromatic carbocycles. The fraction of sp³-hybridized carbons (Fsp3) is 0. The Labute approximate surface area is 114 Å². The van der Waals surface area contributed by atoms with Crippen LogP contribution in [0.3, 0.4) is 0 Å². The molecule has 0 fully saturated rings. The molecule has 0 atom stereocenters. The summed E-state index contributed by atoms with van der Waals surface area (Å²) >= 11 is 7.21. The van der Waals surface area contributed by atoms with Gasteiger partial charge in [0.25, 0.3) is 0 Å². The maximum Gasteiger partial charge on any atom is 0.249 e. The van der Waals surface area contributed by atoms with Gasteiger partial charge in [0, 0.05) is 20.5 Å². The molecule has 2 rings (SSSR count). The number of benzene rings is 2. The molecule has 4 N–H and O–H groups in total. The van der Waals surface area contributed by atoms with E-state index in [4.69, 9.17) is 23.1 Å². The molecule has 3 nitrogen and oxygen atoms in total. The third-order valence-electron chi connectivity index (χ3n) is 2.34. The van der Waals surface area contributed by atoms with Gasteiger partial charge in [-0.3, -0.25) is 4.79 Å². The maximum atomic E-state index is 11.4. The summed E-state index contributed by atoms with van der Waals surface area (Å²) in [5, 5.41) is 0.663. The molecule has 0 spiro atoms. The van der Waals surface area contributed by atoms with Gasteiger partial charge < -0.3 is 11.5 Å². The lowest BCUT2D eigenvalue weighted by Gasteiger charge is -2.09. The summed E-state index contributed by atoms with van der Waals surface area (Å²) in [7, 11) is 0. The summed E-state index contributed by atoms with van der Waals surface area (Å²) in [5.74, 6) is -0.487. The van der Waals surface area contributed by atoms with Crippen molar-refractivity contribution in [1.29, 1.82) is 0 Å². The van der Waals surface area contributed by atoms with Gasteiger partial charge in [-0.25, -0.2) is 0 Å². The number of carbonyl (C=O) groups excluding carboxylic acids is 1. The average molecular weight is 279 g/mol. The molecule has 0 aliphatic carbocycles. The number of amides is 1. The molecule has 0 aliphatic rings. The Morgan fingerprint density at radius 3 is 2.39 bits per heavy atom. The number of rotatable bonds is 3. The SMILES string of the molecule is NC(=O)c1cccc(N)c1Sc1ccc(Cl)cc1. The van der Waals surface area contributed by atoms with E-state index in [1.807, 2.05) is 12.1 Å². The van der Waals surface area contributed by atoms with Crippen molar-refractivity contribution in [3.8, 4) is 0 Å². The monoisotopic (exact) mass is 278 g/mol. The highest BCUT2D eigenvalue weighted by atomic mass is 35.5. The van der Waals surface area contributed by atoms with E-state index in [9.17, 15) is 4.79 Å². The van der Waals surface area contributed by atoms with E-state index < -0.39 is 5.91 Å². The molecule has 0 heterocycles. The number of carbonyl (C=O) groups is 1. The molecular weight excluding hydrogens is 268 g/mol. The van der Waals surface area contributed by atoms with Crippen molar-refractivity contribution in [3.63, 3.8) is 0 Å². The first-order valence-corrected chi connectivity index (χ1v) is 6.39. The molecule has 0 aliphatic heterocycles. The van der Waals surface area contributed by atoms with Gasteiger partial charge in [0.05, 0.1) is 5.56 Å². The van der Waals surface area contributed by atoms with Crippen LogP contribution in [0, 0.1) is 0 Å². The Balaban J connectivity index is 2.39. The fourth-order valence-corrected chi connectivity index (χ4v) is 2.58. The van der Waals surface area contributed by atoms with E-state index in [0.717, 1.165) is 4.90 Å². The molecule has 18 heavy (non-hydrogen) atoms. The maximum absolute atomic E-state index is 11.4. The van der Waals surface area contributed by atoms with Crippen molar-refractivity contribution in [2.45, 2.75) is 9.79 Å². The topological polar surface area (TPSA) is 69.1 Å². The number of halogens is 1. The molecule has 0 saturated carbocycles. The Bertz CT molecular complexity index is 584. The van der Waals surface area contributed by atoms with Crippen molar-refractivity contribution in [2.75, 3.05) is 5.73 Å². The van der Waals surface area contributed by atoms with Gasteiger partial charge >= 0.3 is 0 Å². The molecule has 0 bridgehead atoms. The summed E-state index contributed by atoms with van der Waals surface area (Å²) in [6.07, 6.45) is 0. The van der Waals surface area contributed by atoms with Gasteiger partial charge in [0.1, 0.15) is 0 Å². The Kier molecular flexibility index (Phi) is 3.79. The van der Waals surface area contributed by atoms with Gasteiger partial charge in [-0.15, -0.1) is 0 Å². The molecule has 5 heteroatoms. The van der Waals surface area contributed by atoms with Crippen molar-refractivity contribution in [2.24, 2.45) is 5.73 Å². The van der Waals surface area contributed by atoms with E-state index in [1.165, 1.54) is 11.8 Å². The summed E-state index contributed by atoms with van der Waals surface area (Å²) < 4.78 is 0. The predicted molar refractivity (Wildman–Crippen MR) is 74.9 cm³/mol. The molecular formula is C13H11ClN2OS. The van der Waals surface area contributed by atoms with Gasteiger partial charge in [-0.05, 0) is 36.4 Å².